The van der Waals surface area contributed by atoms with Crippen LogP contribution in [0.5, 0.6) is 0 Å². The molecule has 4 rings (SSSR count). The van der Waals surface area contributed by atoms with E-state index in [1.165, 1.54) is 25.5 Å². The molecule has 0 saturated carbocycles. The molecule has 2 saturated heterocycles. The normalized spacial score (nSPS) is 23.9. The van der Waals surface area contributed by atoms with Crippen LogP contribution in [0.1, 0.15) is 25.7 Å². The third-order valence-electron chi connectivity index (χ3n) is 5.07. The second kappa shape index (κ2) is 6.72. The maximum absolute atomic E-state index is 12.6. The highest BCUT2D eigenvalue weighted by Gasteiger charge is 2.27. The average molecular weight is 358 g/mol. The zero-order chi connectivity index (χ0) is 17.3. The predicted octanol–water partition coefficient (Wildman–Crippen LogP) is 2.03. The van der Waals surface area contributed by atoms with Gasteiger partial charge >= 0.3 is 0 Å². The zero-order valence-electron chi connectivity index (χ0n) is 14.0. The lowest BCUT2D eigenvalue weighted by molar-refractivity contribution is 0.336. The van der Waals surface area contributed by atoms with E-state index in [1.54, 1.807) is 30.6 Å². The number of fused-ring (bicyclic) bond motifs is 2. The summed E-state index contributed by atoms with van der Waals surface area (Å²) < 4.78 is 25.2. The first-order valence-electron chi connectivity index (χ1n) is 8.75. The summed E-state index contributed by atoms with van der Waals surface area (Å²) >= 11 is 0. The molecule has 2 aliphatic heterocycles. The Morgan fingerprint density at radius 2 is 1.96 bits per heavy atom. The lowest BCUT2D eigenvalue weighted by Crippen LogP contribution is -2.44. The standard InChI is InChI=1S/C18H22N4O2S/c23-25(24,17-5-2-9-19-12-17)18-7-6-16(11-20-18)22-10-8-14-3-1-4-15(13-22)21-14/h2,5-7,9,11-12,14-15,21H,1,3-4,8,10,13H2. The molecule has 2 aromatic rings. The van der Waals surface area contributed by atoms with Crippen LogP contribution in [0.4, 0.5) is 5.69 Å². The summed E-state index contributed by atoms with van der Waals surface area (Å²) in [7, 11) is -3.61. The first-order chi connectivity index (χ1) is 12.1. The van der Waals surface area contributed by atoms with Crippen LogP contribution < -0.4 is 10.2 Å². The van der Waals surface area contributed by atoms with Crippen LogP contribution in [0.25, 0.3) is 0 Å². The average Bonchev–Trinajstić information content (AvgIpc) is 2.80. The number of hydrogen-bond acceptors (Lipinski definition) is 6. The summed E-state index contributed by atoms with van der Waals surface area (Å²) in [6.45, 7) is 1.93. The molecule has 2 bridgehead atoms. The Balaban J connectivity index is 1.56. The van der Waals surface area contributed by atoms with Gasteiger partial charge in [0.2, 0.25) is 9.84 Å². The van der Waals surface area contributed by atoms with E-state index in [-0.39, 0.29) is 9.92 Å². The van der Waals surface area contributed by atoms with E-state index in [0.29, 0.717) is 12.1 Å². The summed E-state index contributed by atoms with van der Waals surface area (Å²) in [5.74, 6) is 0. The molecule has 0 aromatic carbocycles. The number of nitrogens with zero attached hydrogens (tertiary/aromatic N) is 3. The van der Waals surface area contributed by atoms with Gasteiger partial charge in [-0.25, -0.2) is 13.4 Å². The highest BCUT2D eigenvalue weighted by atomic mass is 32.2. The molecule has 4 heterocycles. The van der Waals surface area contributed by atoms with Crippen LogP contribution in [-0.2, 0) is 9.84 Å². The minimum Gasteiger partial charge on any atom is -0.369 e. The van der Waals surface area contributed by atoms with Crippen molar-refractivity contribution in [3.63, 3.8) is 0 Å². The van der Waals surface area contributed by atoms with Crippen LogP contribution in [0.3, 0.4) is 0 Å². The largest absolute Gasteiger partial charge is 0.369 e. The van der Waals surface area contributed by atoms with Crippen molar-refractivity contribution in [2.45, 2.75) is 47.7 Å². The zero-order valence-corrected chi connectivity index (χ0v) is 14.8. The van der Waals surface area contributed by atoms with Gasteiger partial charge in [-0.15, -0.1) is 0 Å². The fourth-order valence-electron chi connectivity index (χ4n) is 3.73. The number of pyridine rings is 2. The summed E-state index contributed by atoms with van der Waals surface area (Å²) in [5.41, 5.74) is 0.986. The second-order valence-electron chi connectivity index (χ2n) is 6.77. The highest BCUT2D eigenvalue weighted by Crippen LogP contribution is 2.25. The van der Waals surface area contributed by atoms with Crippen molar-refractivity contribution in [3.8, 4) is 0 Å². The maximum atomic E-state index is 12.6. The Labute approximate surface area is 148 Å². The van der Waals surface area contributed by atoms with Gasteiger partial charge in [0.25, 0.3) is 0 Å². The van der Waals surface area contributed by atoms with Crippen molar-refractivity contribution in [2.75, 3.05) is 18.0 Å². The van der Waals surface area contributed by atoms with Crippen molar-refractivity contribution in [3.05, 3.63) is 42.9 Å². The molecule has 7 heteroatoms. The maximum Gasteiger partial charge on any atom is 0.225 e. The topological polar surface area (TPSA) is 75.2 Å². The van der Waals surface area contributed by atoms with Gasteiger partial charge in [0.05, 0.1) is 16.8 Å². The second-order valence-corrected chi connectivity index (χ2v) is 8.67. The summed E-state index contributed by atoms with van der Waals surface area (Å²) in [6, 6.07) is 7.75. The van der Waals surface area contributed by atoms with Crippen LogP contribution in [-0.4, -0.2) is 43.6 Å². The minimum absolute atomic E-state index is 0.0657. The smallest absolute Gasteiger partial charge is 0.225 e. The molecule has 2 unspecified atom stereocenters. The van der Waals surface area contributed by atoms with Crippen LogP contribution in [0.15, 0.2) is 52.8 Å². The first-order valence-corrected chi connectivity index (χ1v) is 10.2. The van der Waals surface area contributed by atoms with E-state index in [4.69, 9.17) is 0 Å². The number of rotatable bonds is 3. The SMILES string of the molecule is O=S(=O)(c1cccnc1)c1ccc(N2CCC3CCCC(C2)N3)cn1. The molecule has 0 spiro atoms. The molecule has 0 amide bonds. The van der Waals surface area contributed by atoms with Crippen molar-refractivity contribution >= 4 is 15.5 Å². The van der Waals surface area contributed by atoms with E-state index >= 15 is 0 Å². The van der Waals surface area contributed by atoms with Gasteiger partial charge in [0.1, 0.15) is 0 Å². The quantitative estimate of drug-likeness (QED) is 0.905. The predicted molar refractivity (Wildman–Crippen MR) is 95.3 cm³/mol. The van der Waals surface area contributed by atoms with E-state index in [2.05, 4.69) is 20.2 Å². The number of aromatic nitrogens is 2. The number of nitrogens with one attached hydrogen (secondary N) is 1. The molecule has 132 valence electrons. The lowest BCUT2D eigenvalue weighted by Gasteiger charge is -2.29. The lowest BCUT2D eigenvalue weighted by atomic mass is 9.98. The summed E-state index contributed by atoms with van der Waals surface area (Å²) in [4.78, 5) is 10.6. The van der Waals surface area contributed by atoms with E-state index in [9.17, 15) is 8.42 Å². The monoisotopic (exact) mass is 358 g/mol. The third-order valence-corrected chi connectivity index (χ3v) is 6.72. The van der Waals surface area contributed by atoms with Gasteiger partial charge in [0.15, 0.2) is 5.03 Å². The van der Waals surface area contributed by atoms with Gasteiger partial charge in [-0.1, -0.05) is 6.42 Å². The van der Waals surface area contributed by atoms with Crippen LogP contribution in [0.2, 0.25) is 0 Å². The molecule has 0 radical (unpaired) electrons. The van der Waals surface area contributed by atoms with E-state index in [1.807, 2.05) is 6.07 Å². The molecule has 2 fully saturated rings. The summed E-state index contributed by atoms with van der Waals surface area (Å²) in [5, 5.41) is 3.77. The number of anilines is 1. The Bertz CT molecular complexity index is 824. The van der Waals surface area contributed by atoms with Gasteiger partial charge in [-0.05, 0) is 43.5 Å². The summed E-state index contributed by atoms with van der Waals surface area (Å²) in [6.07, 6.45) is 9.45. The van der Waals surface area contributed by atoms with E-state index in [0.717, 1.165) is 25.2 Å². The molecule has 1 N–H and O–H groups in total. The van der Waals surface area contributed by atoms with Crippen molar-refractivity contribution < 1.29 is 8.42 Å². The molecule has 2 atom stereocenters. The molecular formula is C18H22N4O2S. The van der Waals surface area contributed by atoms with Crippen molar-refractivity contribution in [1.82, 2.24) is 15.3 Å². The van der Waals surface area contributed by atoms with Gasteiger partial charge in [-0.2, -0.15) is 0 Å². The fraction of sp³-hybridized carbons (Fsp3) is 0.444. The van der Waals surface area contributed by atoms with Crippen molar-refractivity contribution in [2.24, 2.45) is 0 Å². The molecule has 0 aliphatic carbocycles. The van der Waals surface area contributed by atoms with Crippen molar-refractivity contribution in [1.29, 1.82) is 0 Å². The first kappa shape index (κ1) is 16.5. The Kier molecular flexibility index (Phi) is 4.43. The van der Waals surface area contributed by atoms with Crippen LogP contribution >= 0.6 is 0 Å². The van der Waals surface area contributed by atoms with E-state index < -0.39 is 9.84 Å². The Hall–Kier alpha value is -1.99. The molecule has 6 nitrogen and oxygen atoms in total. The Morgan fingerprint density at radius 1 is 1.08 bits per heavy atom. The third kappa shape index (κ3) is 3.39. The fourth-order valence-corrected chi connectivity index (χ4v) is 4.87. The highest BCUT2D eigenvalue weighted by molar-refractivity contribution is 7.91. The van der Waals surface area contributed by atoms with Gasteiger partial charge < -0.3 is 10.2 Å². The number of piperidine rings is 1. The van der Waals surface area contributed by atoms with Gasteiger partial charge in [0, 0.05) is 37.6 Å². The minimum atomic E-state index is -3.61. The molecule has 25 heavy (non-hydrogen) atoms. The molecule has 2 aromatic heterocycles. The number of sulfone groups is 1. The number of hydrogen-bond donors (Lipinski definition) is 1. The molecule has 2 aliphatic rings. The molecular weight excluding hydrogens is 336 g/mol. The van der Waals surface area contributed by atoms with Gasteiger partial charge in [-0.3, -0.25) is 4.98 Å². The van der Waals surface area contributed by atoms with Crippen LogP contribution in [0, 0.1) is 0 Å². The Morgan fingerprint density at radius 3 is 2.72 bits per heavy atom.